The number of nitrogens with zero attached hydrogens (tertiary/aromatic N) is 2. The molecule has 0 aliphatic rings. The molecule has 4 heteroatoms. The van der Waals surface area contributed by atoms with Crippen LogP contribution in [0.2, 0.25) is 0 Å². The number of hydrogen-bond acceptors (Lipinski definition) is 4. The van der Waals surface area contributed by atoms with E-state index in [0.29, 0.717) is 18.2 Å². The number of nitrogens with one attached hydrogen (secondary N) is 1. The summed E-state index contributed by atoms with van der Waals surface area (Å²) in [7, 11) is 0. The second kappa shape index (κ2) is 6.80. The van der Waals surface area contributed by atoms with E-state index >= 15 is 0 Å². The van der Waals surface area contributed by atoms with E-state index in [-0.39, 0.29) is 0 Å². The fraction of sp³-hybridized carbons (Fsp3) is 0.455. The van der Waals surface area contributed by atoms with Crippen LogP contribution >= 0.6 is 0 Å². The number of pyridine rings is 1. The van der Waals surface area contributed by atoms with Crippen molar-refractivity contribution in [1.82, 2.24) is 10.3 Å². The van der Waals surface area contributed by atoms with Gasteiger partial charge in [0, 0.05) is 12.6 Å². The van der Waals surface area contributed by atoms with Crippen molar-refractivity contribution in [3.05, 3.63) is 23.9 Å². The first kappa shape index (κ1) is 11.5. The molecule has 1 rings (SSSR count). The molecule has 0 spiro atoms. The largest absolute Gasteiger partial charge is 0.476 e. The normalized spacial score (nSPS) is 9.60. The number of rotatable bonds is 6. The minimum absolute atomic E-state index is 0.383. The van der Waals surface area contributed by atoms with Gasteiger partial charge < -0.3 is 10.1 Å². The average molecular weight is 205 g/mol. The highest BCUT2D eigenvalue weighted by Crippen LogP contribution is 2.05. The molecule has 0 saturated carbocycles. The molecule has 1 aromatic rings. The van der Waals surface area contributed by atoms with Crippen LogP contribution in [0, 0.1) is 11.3 Å². The zero-order valence-corrected chi connectivity index (χ0v) is 8.86. The lowest BCUT2D eigenvalue weighted by molar-refractivity contribution is 0.302. The van der Waals surface area contributed by atoms with Gasteiger partial charge >= 0.3 is 0 Å². The monoisotopic (exact) mass is 205 g/mol. The van der Waals surface area contributed by atoms with Crippen LogP contribution in [-0.2, 0) is 0 Å². The molecule has 1 aromatic heterocycles. The van der Waals surface area contributed by atoms with Crippen molar-refractivity contribution in [2.24, 2.45) is 0 Å². The standard InChI is InChI=1S/C11H15N3O/c1-2-6-13-7-8-15-11-5-3-4-10(9-12)14-11/h3-5,13H,2,6-8H2,1H3. The van der Waals surface area contributed by atoms with E-state index in [2.05, 4.69) is 17.2 Å². The summed E-state index contributed by atoms with van der Waals surface area (Å²) < 4.78 is 5.37. The predicted molar refractivity (Wildman–Crippen MR) is 57.6 cm³/mol. The van der Waals surface area contributed by atoms with Crippen molar-refractivity contribution >= 4 is 0 Å². The maximum Gasteiger partial charge on any atom is 0.214 e. The second-order valence-electron chi connectivity index (χ2n) is 3.07. The Bertz CT molecular complexity index is 333. The fourth-order valence-electron chi connectivity index (χ4n) is 1.09. The Morgan fingerprint density at radius 2 is 2.33 bits per heavy atom. The number of nitriles is 1. The van der Waals surface area contributed by atoms with Crippen LogP contribution in [0.4, 0.5) is 0 Å². The molecule has 1 N–H and O–H groups in total. The Morgan fingerprint density at radius 3 is 3.07 bits per heavy atom. The van der Waals surface area contributed by atoms with E-state index in [1.54, 1.807) is 18.2 Å². The molecule has 4 nitrogen and oxygen atoms in total. The van der Waals surface area contributed by atoms with Gasteiger partial charge in [-0.25, -0.2) is 4.98 Å². The van der Waals surface area contributed by atoms with Crippen molar-refractivity contribution in [3.8, 4) is 11.9 Å². The highest BCUT2D eigenvalue weighted by molar-refractivity contribution is 5.24. The van der Waals surface area contributed by atoms with Gasteiger partial charge in [-0.3, -0.25) is 0 Å². The molecular formula is C11H15N3O. The third-order valence-electron chi connectivity index (χ3n) is 1.79. The minimum Gasteiger partial charge on any atom is -0.476 e. The molecule has 0 unspecified atom stereocenters. The third-order valence-corrected chi connectivity index (χ3v) is 1.79. The summed E-state index contributed by atoms with van der Waals surface area (Å²) in [6.07, 6.45) is 1.11. The molecule has 0 saturated heterocycles. The maximum atomic E-state index is 8.62. The van der Waals surface area contributed by atoms with Gasteiger partial charge in [0.1, 0.15) is 18.4 Å². The van der Waals surface area contributed by atoms with Gasteiger partial charge in [-0.05, 0) is 19.0 Å². The van der Waals surface area contributed by atoms with Gasteiger partial charge in [-0.1, -0.05) is 13.0 Å². The Hall–Kier alpha value is -1.60. The quantitative estimate of drug-likeness (QED) is 0.712. The molecule has 0 atom stereocenters. The van der Waals surface area contributed by atoms with Gasteiger partial charge in [-0.2, -0.15) is 5.26 Å². The van der Waals surface area contributed by atoms with E-state index < -0.39 is 0 Å². The number of aromatic nitrogens is 1. The topological polar surface area (TPSA) is 57.9 Å². The second-order valence-corrected chi connectivity index (χ2v) is 3.07. The van der Waals surface area contributed by atoms with Crippen LogP contribution in [0.5, 0.6) is 5.88 Å². The molecule has 1 heterocycles. The van der Waals surface area contributed by atoms with Gasteiger partial charge in [-0.15, -0.1) is 0 Å². The number of hydrogen-bond donors (Lipinski definition) is 1. The Balaban J connectivity index is 2.28. The highest BCUT2D eigenvalue weighted by Gasteiger charge is 1.96. The predicted octanol–water partition coefficient (Wildman–Crippen LogP) is 1.33. The van der Waals surface area contributed by atoms with Crippen molar-refractivity contribution in [2.45, 2.75) is 13.3 Å². The van der Waals surface area contributed by atoms with E-state index in [1.165, 1.54) is 0 Å². The third kappa shape index (κ3) is 4.43. The average Bonchev–Trinajstić information content (AvgIpc) is 2.29. The Kier molecular flexibility index (Phi) is 5.20. The molecule has 0 radical (unpaired) electrons. The summed E-state index contributed by atoms with van der Waals surface area (Å²) in [5, 5.41) is 11.8. The summed E-state index contributed by atoms with van der Waals surface area (Å²) in [6.45, 7) is 4.48. The highest BCUT2D eigenvalue weighted by atomic mass is 16.5. The molecule has 0 bridgehead atoms. The maximum absolute atomic E-state index is 8.62. The van der Waals surface area contributed by atoms with Crippen molar-refractivity contribution < 1.29 is 4.74 Å². The summed E-state index contributed by atoms with van der Waals surface area (Å²) >= 11 is 0. The molecule has 15 heavy (non-hydrogen) atoms. The van der Waals surface area contributed by atoms with E-state index in [0.717, 1.165) is 19.5 Å². The summed E-state index contributed by atoms with van der Waals surface area (Å²) in [5.41, 5.74) is 0.383. The molecule has 0 aliphatic carbocycles. The van der Waals surface area contributed by atoms with E-state index in [9.17, 15) is 0 Å². The minimum atomic E-state index is 0.383. The van der Waals surface area contributed by atoms with Gasteiger partial charge in [0.05, 0.1) is 0 Å². The zero-order chi connectivity index (χ0) is 10.9. The Labute approximate surface area is 89.9 Å². The van der Waals surface area contributed by atoms with Gasteiger partial charge in [0.25, 0.3) is 0 Å². The molecule has 0 aromatic carbocycles. The SMILES string of the molecule is CCCNCCOc1cccc(C#N)n1. The first-order valence-corrected chi connectivity index (χ1v) is 5.07. The van der Waals surface area contributed by atoms with Crippen LogP contribution in [0.15, 0.2) is 18.2 Å². The molecule has 0 aliphatic heterocycles. The first-order valence-electron chi connectivity index (χ1n) is 5.07. The van der Waals surface area contributed by atoms with Crippen molar-refractivity contribution in [2.75, 3.05) is 19.7 Å². The fourth-order valence-corrected chi connectivity index (χ4v) is 1.09. The summed E-state index contributed by atoms with van der Waals surface area (Å²) in [6, 6.07) is 7.14. The van der Waals surface area contributed by atoms with E-state index in [1.807, 2.05) is 6.07 Å². The lowest BCUT2D eigenvalue weighted by Crippen LogP contribution is -2.21. The van der Waals surface area contributed by atoms with Crippen molar-refractivity contribution in [3.63, 3.8) is 0 Å². The Morgan fingerprint density at radius 1 is 1.47 bits per heavy atom. The van der Waals surface area contributed by atoms with Crippen LogP contribution in [0.25, 0.3) is 0 Å². The van der Waals surface area contributed by atoms with Gasteiger partial charge in [0.15, 0.2) is 0 Å². The lowest BCUT2D eigenvalue weighted by Gasteiger charge is -2.05. The number of ether oxygens (including phenoxy) is 1. The van der Waals surface area contributed by atoms with Gasteiger partial charge in [0.2, 0.25) is 5.88 Å². The van der Waals surface area contributed by atoms with Crippen LogP contribution < -0.4 is 10.1 Å². The summed E-state index contributed by atoms with van der Waals surface area (Å²) in [5.74, 6) is 0.507. The van der Waals surface area contributed by atoms with Crippen LogP contribution in [-0.4, -0.2) is 24.7 Å². The zero-order valence-electron chi connectivity index (χ0n) is 8.86. The molecule has 0 fully saturated rings. The van der Waals surface area contributed by atoms with Crippen LogP contribution in [0.1, 0.15) is 19.0 Å². The molecule has 0 amide bonds. The smallest absolute Gasteiger partial charge is 0.214 e. The first-order chi connectivity index (χ1) is 7.36. The summed E-state index contributed by atoms with van der Waals surface area (Å²) in [4.78, 5) is 4.00. The molecule has 80 valence electrons. The van der Waals surface area contributed by atoms with Crippen LogP contribution in [0.3, 0.4) is 0 Å². The molecular weight excluding hydrogens is 190 g/mol. The van der Waals surface area contributed by atoms with E-state index in [4.69, 9.17) is 10.00 Å². The lowest BCUT2D eigenvalue weighted by atomic mass is 10.4. The van der Waals surface area contributed by atoms with Crippen molar-refractivity contribution in [1.29, 1.82) is 5.26 Å².